The minimum Gasteiger partial charge on any atom is -0.462 e. The number of rotatable bonds is 7. The Balaban J connectivity index is 2.13. The van der Waals surface area contributed by atoms with Gasteiger partial charge in [0.15, 0.2) is 0 Å². The van der Waals surface area contributed by atoms with E-state index in [-0.39, 0.29) is 5.97 Å². The Labute approximate surface area is 123 Å². The smallest absolute Gasteiger partial charge is 0.340 e. The zero-order valence-electron chi connectivity index (χ0n) is 12.3. The molecule has 1 unspecified atom stereocenters. The van der Waals surface area contributed by atoms with E-state index >= 15 is 0 Å². The third-order valence-corrected chi connectivity index (χ3v) is 3.15. The number of nitrogens with one attached hydrogen (secondary N) is 1. The summed E-state index contributed by atoms with van der Waals surface area (Å²) in [5, 5.41) is 0.675. The molecule has 1 N–H and O–H groups in total. The van der Waals surface area contributed by atoms with Crippen molar-refractivity contribution in [2.75, 3.05) is 6.61 Å². The van der Waals surface area contributed by atoms with Crippen molar-refractivity contribution in [1.29, 1.82) is 0 Å². The Bertz CT molecular complexity index is 607. The molecule has 0 saturated carbocycles. The monoisotopic (exact) mass is 293 g/mol. The Kier molecular flexibility index (Phi) is 5.20. The lowest BCUT2D eigenvalue weighted by molar-refractivity contribution is 0.0500. The van der Waals surface area contributed by atoms with Gasteiger partial charge in [-0.05, 0) is 24.6 Å². The predicted octanol–water partition coefficient (Wildman–Crippen LogP) is 4.21. The lowest BCUT2D eigenvalue weighted by Gasteiger charge is -2.07. The molecule has 21 heavy (non-hydrogen) atoms. The number of unbranched alkanes of at least 4 members (excludes halogenated alkanes) is 2. The molecule has 0 amide bonds. The fourth-order valence-corrected chi connectivity index (χ4v) is 2.12. The topological polar surface area (TPSA) is 51.3 Å². The van der Waals surface area contributed by atoms with E-state index in [1.807, 2.05) is 0 Å². The molecule has 1 aromatic carbocycles. The predicted molar refractivity (Wildman–Crippen MR) is 79.3 cm³/mol. The molecule has 4 nitrogen and oxygen atoms in total. The van der Waals surface area contributed by atoms with Gasteiger partial charge in [-0.25, -0.2) is 9.18 Å². The fraction of sp³-hybridized carbons (Fsp3) is 0.438. The number of alkyl halides is 1. The summed E-state index contributed by atoms with van der Waals surface area (Å²) in [6.07, 6.45) is 3.18. The van der Waals surface area contributed by atoms with Crippen LogP contribution in [-0.2, 0) is 4.74 Å². The lowest BCUT2D eigenvalue weighted by Crippen LogP contribution is -2.06. The summed E-state index contributed by atoms with van der Waals surface area (Å²) in [5.41, 5.74) is 1.23. The van der Waals surface area contributed by atoms with Gasteiger partial charge in [-0.15, -0.1) is 0 Å². The first-order chi connectivity index (χ1) is 10.1. The first kappa shape index (κ1) is 15.4. The molecule has 1 heterocycles. The fourth-order valence-electron chi connectivity index (χ4n) is 2.12. The Morgan fingerprint density at radius 3 is 2.90 bits per heavy atom. The maximum absolute atomic E-state index is 12.9. The van der Waals surface area contributed by atoms with Crippen molar-refractivity contribution >= 4 is 16.9 Å². The van der Waals surface area contributed by atoms with Crippen LogP contribution in [0.5, 0.6) is 5.75 Å². The second-order valence-corrected chi connectivity index (χ2v) is 4.91. The quantitative estimate of drug-likeness (QED) is 0.614. The number of hydrogen-bond acceptors (Lipinski definition) is 3. The van der Waals surface area contributed by atoms with E-state index in [2.05, 4.69) is 11.9 Å². The largest absolute Gasteiger partial charge is 0.462 e. The molecule has 114 valence electrons. The van der Waals surface area contributed by atoms with Crippen molar-refractivity contribution < 1.29 is 18.7 Å². The molecule has 2 aromatic rings. The highest BCUT2D eigenvalue weighted by Gasteiger charge is 2.14. The summed E-state index contributed by atoms with van der Waals surface area (Å²) < 4.78 is 23.1. The molecule has 0 aliphatic heterocycles. The first-order valence-corrected chi connectivity index (χ1v) is 7.20. The van der Waals surface area contributed by atoms with Crippen LogP contribution in [0.1, 0.15) is 43.5 Å². The average molecular weight is 293 g/mol. The van der Waals surface area contributed by atoms with Gasteiger partial charge in [0.2, 0.25) is 6.36 Å². The van der Waals surface area contributed by atoms with Gasteiger partial charge < -0.3 is 14.5 Å². The third-order valence-electron chi connectivity index (χ3n) is 3.15. The van der Waals surface area contributed by atoms with Gasteiger partial charge in [-0.2, -0.15) is 0 Å². The van der Waals surface area contributed by atoms with Gasteiger partial charge in [-0.1, -0.05) is 19.8 Å². The number of esters is 1. The highest BCUT2D eigenvalue weighted by Crippen LogP contribution is 2.25. The summed E-state index contributed by atoms with van der Waals surface area (Å²) in [5.74, 6) is 0.0138. The molecule has 0 saturated heterocycles. The number of fused-ring (bicyclic) bond motifs is 1. The second kappa shape index (κ2) is 7.11. The number of hydrogen-bond donors (Lipinski definition) is 1. The number of carbonyl (C=O) groups excluding carboxylic acids is 1. The number of aromatic amines is 1. The normalized spacial score (nSPS) is 12.3. The number of ether oxygens (including phenoxy) is 2. The minimum atomic E-state index is -1.40. The summed E-state index contributed by atoms with van der Waals surface area (Å²) in [7, 11) is 0. The highest BCUT2D eigenvalue weighted by atomic mass is 19.1. The van der Waals surface area contributed by atoms with Crippen LogP contribution in [0.2, 0.25) is 0 Å². The van der Waals surface area contributed by atoms with E-state index in [0.29, 0.717) is 23.3 Å². The Morgan fingerprint density at radius 2 is 2.19 bits per heavy atom. The van der Waals surface area contributed by atoms with E-state index in [9.17, 15) is 9.18 Å². The molecule has 0 bridgehead atoms. The molecule has 0 aliphatic rings. The van der Waals surface area contributed by atoms with Crippen molar-refractivity contribution in [3.8, 4) is 5.75 Å². The van der Waals surface area contributed by atoms with Crippen LogP contribution < -0.4 is 4.74 Å². The Hall–Kier alpha value is -2.04. The highest BCUT2D eigenvalue weighted by molar-refractivity contribution is 6.04. The van der Waals surface area contributed by atoms with Crippen LogP contribution in [0.15, 0.2) is 24.4 Å². The minimum absolute atomic E-state index is 0.372. The van der Waals surface area contributed by atoms with E-state index in [4.69, 9.17) is 9.47 Å². The summed E-state index contributed by atoms with van der Waals surface area (Å²) in [4.78, 5) is 15.1. The van der Waals surface area contributed by atoms with Gasteiger partial charge in [0.25, 0.3) is 0 Å². The first-order valence-electron chi connectivity index (χ1n) is 7.20. The van der Waals surface area contributed by atoms with Crippen molar-refractivity contribution in [1.82, 2.24) is 4.98 Å². The molecule has 0 spiro atoms. The molecule has 2 rings (SSSR count). The SMILES string of the molecule is CCCCCOC(=O)c1c[nH]c2ccc(OC(C)F)cc12. The van der Waals surface area contributed by atoms with Crippen LogP contribution in [0.25, 0.3) is 10.9 Å². The van der Waals surface area contributed by atoms with Gasteiger partial charge in [-0.3, -0.25) is 0 Å². The van der Waals surface area contributed by atoms with E-state index in [1.165, 1.54) is 6.92 Å². The van der Waals surface area contributed by atoms with Crippen molar-refractivity contribution in [2.45, 2.75) is 39.5 Å². The molecule has 0 fully saturated rings. The zero-order chi connectivity index (χ0) is 15.2. The van der Waals surface area contributed by atoms with Gasteiger partial charge in [0.1, 0.15) is 5.75 Å². The van der Waals surface area contributed by atoms with Crippen LogP contribution in [0.3, 0.4) is 0 Å². The molecule has 0 radical (unpaired) electrons. The molecular weight excluding hydrogens is 273 g/mol. The standard InChI is InChI=1S/C16H20FNO3/c1-3-4-5-8-20-16(19)14-10-18-15-7-6-12(9-13(14)15)21-11(2)17/h6-7,9-11,18H,3-5,8H2,1-2H3. The average Bonchev–Trinajstić information content (AvgIpc) is 2.86. The zero-order valence-corrected chi connectivity index (χ0v) is 12.3. The summed E-state index contributed by atoms with van der Waals surface area (Å²) in [6, 6.07) is 5.05. The Morgan fingerprint density at radius 1 is 1.38 bits per heavy atom. The van der Waals surface area contributed by atoms with Crippen molar-refractivity contribution in [3.63, 3.8) is 0 Å². The third kappa shape index (κ3) is 3.97. The van der Waals surface area contributed by atoms with Crippen LogP contribution in [0, 0.1) is 0 Å². The van der Waals surface area contributed by atoms with Crippen LogP contribution in [-0.4, -0.2) is 23.9 Å². The maximum atomic E-state index is 12.9. The molecule has 5 heteroatoms. The van der Waals surface area contributed by atoms with Gasteiger partial charge in [0, 0.05) is 24.0 Å². The van der Waals surface area contributed by atoms with Crippen LogP contribution >= 0.6 is 0 Å². The molecule has 1 atom stereocenters. The lowest BCUT2D eigenvalue weighted by atomic mass is 10.1. The maximum Gasteiger partial charge on any atom is 0.340 e. The molecule has 1 aromatic heterocycles. The van der Waals surface area contributed by atoms with Crippen molar-refractivity contribution in [3.05, 3.63) is 30.0 Å². The van der Waals surface area contributed by atoms with Crippen LogP contribution in [0.4, 0.5) is 4.39 Å². The number of benzene rings is 1. The number of aromatic nitrogens is 1. The number of H-pyrrole nitrogens is 1. The summed E-state index contributed by atoms with van der Waals surface area (Å²) in [6.45, 7) is 3.82. The summed E-state index contributed by atoms with van der Waals surface area (Å²) >= 11 is 0. The van der Waals surface area contributed by atoms with E-state index in [0.717, 1.165) is 24.8 Å². The molecular formula is C16H20FNO3. The van der Waals surface area contributed by atoms with Gasteiger partial charge in [0.05, 0.1) is 12.2 Å². The number of halogens is 1. The number of carbonyl (C=O) groups is 1. The van der Waals surface area contributed by atoms with E-state index in [1.54, 1.807) is 24.4 Å². The second-order valence-electron chi connectivity index (χ2n) is 4.91. The van der Waals surface area contributed by atoms with Gasteiger partial charge >= 0.3 is 5.97 Å². The van der Waals surface area contributed by atoms with E-state index < -0.39 is 6.36 Å². The molecule has 0 aliphatic carbocycles. The van der Waals surface area contributed by atoms with Crippen molar-refractivity contribution in [2.24, 2.45) is 0 Å².